The summed E-state index contributed by atoms with van der Waals surface area (Å²) in [5, 5.41) is 12.8. The zero-order chi connectivity index (χ0) is 27.3. The van der Waals surface area contributed by atoms with Gasteiger partial charge in [-0.25, -0.2) is 4.79 Å². The second-order valence-electron chi connectivity index (χ2n) is 11.2. The van der Waals surface area contributed by atoms with Crippen LogP contribution in [0, 0.1) is 5.92 Å². The highest BCUT2D eigenvalue weighted by atomic mass is 16.5. The standard InChI is InChI=1S/C31H48N2O5/c1-3-4-5-6-7-8-9-13-21-38-31(37)28-22-25-17-14-18-27(25)33(28)29(34)23(2)32-26(30(35)36)20-19-24-15-11-10-12-16-24/h10-12,15-16,23,25-28,32H,3-9,13-14,17-22H2,1-2H3,(H,35,36)/t23-,25-,26-,27-,28-/m0/s1. The predicted octanol–water partition coefficient (Wildman–Crippen LogP) is 5.50. The van der Waals surface area contributed by atoms with E-state index in [1.54, 1.807) is 11.8 Å². The number of likely N-dealkylation sites (tertiary alicyclic amines) is 1. The van der Waals surface area contributed by atoms with Crippen molar-refractivity contribution in [1.82, 2.24) is 10.2 Å². The number of rotatable bonds is 17. The number of carbonyl (C=O) groups is 3. The van der Waals surface area contributed by atoms with E-state index in [4.69, 9.17) is 4.74 Å². The van der Waals surface area contributed by atoms with Gasteiger partial charge in [0.25, 0.3) is 0 Å². The number of nitrogens with one attached hydrogen (secondary N) is 1. The van der Waals surface area contributed by atoms with E-state index in [0.29, 0.717) is 31.8 Å². The van der Waals surface area contributed by atoms with Crippen molar-refractivity contribution in [3.63, 3.8) is 0 Å². The number of hydrogen-bond acceptors (Lipinski definition) is 5. The van der Waals surface area contributed by atoms with Crippen molar-refractivity contribution in [1.29, 1.82) is 0 Å². The number of nitrogens with zero attached hydrogens (tertiary/aromatic N) is 1. The number of fused-ring (bicyclic) bond motifs is 1. The predicted molar refractivity (Wildman–Crippen MR) is 149 cm³/mol. The van der Waals surface area contributed by atoms with Crippen molar-refractivity contribution < 1.29 is 24.2 Å². The van der Waals surface area contributed by atoms with Crippen molar-refractivity contribution in [2.45, 2.75) is 128 Å². The summed E-state index contributed by atoms with van der Waals surface area (Å²) < 4.78 is 5.66. The molecule has 0 spiro atoms. The first-order chi connectivity index (χ1) is 18.4. The molecule has 3 rings (SSSR count). The topological polar surface area (TPSA) is 95.9 Å². The lowest BCUT2D eigenvalue weighted by Crippen LogP contribution is -2.55. The summed E-state index contributed by atoms with van der Waals surface area (Å²) in [5.74, 6) is -1.15. The smallest absolute Gasteiger partial charge is 0.328 e. The second kappa shape index (κ2) is 15.9. The molecule has 0 unspecified atom stereocenters. The average molecular weight is 529 g/mol. The summed E-state index contributed by atoms with van der Waals surface area (Å²) >= 11 is 0. The third-order valence-electron chi connectivity index (χ3n) is 8.29. The lowest BCUT2D eigenvalue weighted by atomic mass is 10.0. The molecule has 7 nitrogen and oxygen atoms in total. The molecule has 1 aliphatic carbocycles. The van der Waals surface area contributed by atoms with Gasteiger partial charge in [-0.2, -0.15) is 0 Å². The molecule has 1 aromatic carbocycles. The van der Waals surface area contributed by atoms with Crippen LogP contribution >= 0.6 is 0 Å². The highest BCUT2D eigenvalue weighted by molar-refractivity contribution is 5.89. The Labute approximate surface area is 228 Å². The number of unbranched alkanes of at least 4 members (excludes halogenated alkanes) is 7. The summed E-state index contributed by atoms with van der Waals surface area (Å²) in [4.78, 5) is 40.4. The summed E-state index contributed by atoms with van der Waals surface area (Å²) in [7, 11) is 0. The van der Waals surface area contributed by atoms with Gasteiger partial charge in [-0.3, -0.25) is 14.9 Å². The minimum atomic E-state index is -0.970. The van der Waals surface area contributed by atoms with Gasteiger partial charge in [0.1, 0.15) is 12.1 Å². The van der Waals surface area contributed by atoms with Gasteiger partial charge in [0.15, 0.2) is 0 Å². The lowest BCUT2D eigenvalue weighted by molar-refractivity contribution is -0.155. The number of esters is 1. The van der Waals surface area contributed by atoms with Crippen LogP contribution in [0.15, 0.2) is 30.3 Å². The average Bonchev–Trinajstić information content (AvgIpc) is 3.51. The summed E-state index contributed by atoms with van der Waals surface area (Å²) in [6.45, 7) is 4.33. The molecular weight excluding hydrogens is 480 g/mol. The molecule has 0 aromatic heterocycles. The number of carbonyl (C=O) groups excluding carboxylic acids is 2. The van der Waals surface area contributed by atoms with Crippen molar-refractivity contribution in [3.05, 3.63) is 35.9 Å². The van der Waals surface area contributed by atoms with E-state index >= 15 is 0 Å². The summed E-state index contributed by atoms with van der Waals surface area (Å²) in [6.07, 6.45) is 14.0. The van der Waals surface area contributed by atoms with Crippen molar-refractivity contribution in [2.75, 3.05) is 6.61 Å². The largest absolute Gasteiger partial charge is 0.480 e. The van der Waals surface area contributed by atoms with Gasteiger partial charge in [-0.05, 0) is 56.9 Å². The maximum Gasteiger partial charge on any atom is 0.328 e. The Bertz CT molecular complexity index is 876. The monoisotopic (exact) mass is 528 g/mol. The lowest BCUT2D eigenvalue weighted by Gasteiger charge is -2.32. The van der Waals surface area contributed by atoms with Crippen molar-refractivity contribution in [3.8, 4) is 0 Å². The van der Waals surface area contributed by atoms with E-state index in [-0.39, 0.29) is 17.9 Å². The Morgan fingerprint density at radius 3 is 2.39 bits per heavy atom. The van der Waals surface area contributed by atoms with Gasteiger partial charge in [-0.15, -0.1) is 0 Å². The highest BCUT2D eigenvalue weighted by Gasteiger charge is 2.50. The third kappa shape index (κ3) is 8.82. The molecule has 1 aromatic rings. The molecule has 1 saturated heterocycles. The van der Waals surface area contributed by atoms with E-state index in [1.165, 1.54) is 32.1 Å². The Kier molecular flexibility index (Phi) is 12.6. The molecule has 38 heavy (non-hydrogen) atoms. The van der Waals surface area contributed by atoms with E-state index in [1.807, 2.05) is 30.3 Å². The van der Waals surface area contributed by atoms with Crippen molar-refractivity contribution in [2.24, 2.45) is 5.92 Å². The maximum atomic E-state index is 13.6. The molecule has 1 saturated carbocycles. The van der Waals surface area contributed by atoms with Crippen LogP contribution in [-0.4, -0.2) is 58.6 Å². The Morgan fingerprint density at radius 1 is 1.03 bits per heavy atom. The first-order valence-corrected chi connectivity index (χ1v) is 14.9. The van der Waals surface area contributed by atoms with E-state index in [2.05, 4.69) is 12.2 Å². The fourth-order valence-electron chi connectivity index (χ4n) is 6.15. The zero-order valence-corrected chi connectivity index (χ0v) is 23.4. The minimum Gasteiger partial charge on any atom is -0.480 e. The van der Waals surface area contributed by atoms with Gasteiger partial charge in [0, 0.05) is 6.04 Å². The Hall–Kier alpha value is -2.41. The number of amides is 1. The molecular formula is C31H48N2O5. The number of carboxylic acids is 1. The van der Waals surface area contributed by atoms with Crippen LogP contribution in [0.5, 0.6) is 0 Å². The quantitative estimate of drug-likeness (QED) is 0.205. The molecule has 2 aliphatic rings. The normalized spacial score (nSPS) is 22.2. The fraction of sp³-hybridized carbons (Fsp3) is 0.710. The zero-order valence-electron chi connectivity index (χ0n) is 23.4. The molecule has 1 amide bonds. The number of ether oxygens (including phenoxy) is 1. The van der Waals surface area contributed by atoms with Crippen molar-refractivity contribution >= 4 is 17.8 Å². The Balaban J connectivity index is 1.51. The Morgan fingerprint density at radius 2 is 1.71 bits per heavy atom. The number of hydrogen-bond donors (Lipinski definition) is 2. The molecule has 1 heterocycles. The van der Waals surface area contributed by atoms with Gasteiger partial charge in [0.2, 0.25) is 5.91 Å². The maximum absolute atomic E-state index is 13.6. The molecule has 0 bridgehead atoms. The fourth-order valence-corrected chi connectivity index (χ4v) is 6.15. The van der Waals surface area contributed by atoms with Crippen LogP contribution < -0.4 is 5.32 Å². The minimum absolute atomic E-state index is 0.0417. The van der Waals surface area contributed by atoms with E-state index < -0.39 is 24.1 Å². The van der Waals surface area contributed by atoms with Gasteiger partial charge in [-0.1, -0.05) is 88.6 Å². The van der Waals surface area contributed by atoms with Gasteiger partial charge < -0.3 is 14.7 Å². The molecule has 212 valence electrons. The van der Waals surface area contributed by atoms with Crippen LogP contribution in [0.4, 0.5) is 0 Å². The summed E-state index contributed by atoms with van der Waals surface area (Å²) in [6, 6.07) is 7.68. The molecule has 2 N–H and O–H groups in total. The van der Waals surface area contributed by atoms with Crippen LogP contribution in [0.3, 0.4) is 0 Å². The number of aliphatic carboxylic acids is 1. The number of aryl methyl sites for hydroxylation is 1. The van der Waals surface area contributed by atoms with Crippen LogP contribution in [-0.2, 0) is 25.5 Å². The van der Waals surface area contributed by atoms with E-state index in [9.17, 15) is 19.5 Å². The summed E-state index contributed by atoms with van der Waals surface area (Å²) in [5.41, 5.74) is 1.06. The van der Waals surface area contributed by atoms with Crippen LogP contribution in [0.2, 0.25) is 0 Å². The third-order valence-corrected chi connectivity index (χ3v) is 8.29. The molecule has 5 atom stereocenters. The molecule has 7 heteroatoms. The molecule has 1 aliphatic heterocycles. The van der Waals surface area contributed by atoms with Gasteiger partial charge in [0.05, 0.1) is 12.6 Å². The molecule has 2 fully saturated rings. The van der Waals surface area contributed by atoms with E-state index in [0.717, 1.165) is 44.1 Å². The SMILES string of the molecule is CCCCCCCCCCOC(=O)[C@@H]1C[C@@H]2CCC[C@@H]2N1C(=O)[C@H](C)N[C@@H](CCc1ccccc1)C(=O)O. The van der Waals surface area contributed by atoms with Crippen LogP contribution in [0.1, 0.15) is 103 Å². The highest BCUT2D eigenvalue weighted by Crippen LogP contribution is 2.42. The first-order valence-electron chi connectivity index (χ1n) is 14.9. The number of carboxylic acid groups (broad SMARTS) is 1. The molecule has 0 radical (unpaired) electrons. The first kappa shape index (κ1) is 30.1. The number of benzene rings is 1. The second-order valence-corrected chi connectivity index (χ2v) is 11.2. The van der Waals surface area contributed by atoms with Crippen LogP contribution in [0.25, 0.3) is 0 Å². The van der Waals surface area contributed by atoms with Gasteiger partial charge >= 0.3 is 11.9 Å².